The highest BCUT2D eigenvalue weighted by Crippen LogP contribution is 2.28. The zero-order valence-corrected chi connectivity index (χ0v) is 7.75. The van der Waals surface area contributed by atoms with Crippen LogP contribution < -0.4 is 4.74 Å². The second-order valence-corrected chi connectivity index (χ2v) is 2.84. The fourth-order valence-electron chi connectivity index (χ4n) is 1.36. The molecule has 1 unspecified atom stereocenters. The molecule has 0 saturated heterocycles. The zero-order chi connectivity index (χ0) is 9.84. The summed E-state index contributed by atoms with van der Waals surface area (Å²) < 4.78 is 17.5. The number of methoxy groups -OCH3 is 1. The molecule has 0 saturated carbocycles. The summed E-state index contributed by atoms with van der Waals surface area (Å²) in [6.45, 7) is 1.01. The van der Waals surface area contributed by atoms with E-state index < -0.39 is 12.8 Å². The molecule has 1 aromatic carbocycles. The lowest BCUT2D eigenvalue weighted by molar-refractivity contribution is 0.192. The summed E-state index contributed by atoms with van der Waals surface area (Å²) in [5.41, 5.74) is 1.02. The van der Waals surface area contributed by atoms with Gasteiger partial charge in [0.05, 0.1) is 13.2 Å². The summed E-state index contributed by atoms with van der Waals surface area (Å²) in [5.74, 6) is 0.533. The van der Waals surface area contributed by atoms with Crippen LogP contribution in [0.2, 0.25) is 0 Å². The van der Waals surface area contributed by atoms with E-state index in [1.807, 2.05) is 0 Å². The van der Waals surface area contributed by atoms with Crippen LogP contribution in [0, 0.1) is 0 Å². The molecule has 1 atom stereocenters. The van der Waals surface area contributed by atoms with E-state index in [-0.39, 0.29) is 0 Å². The van der Waals surface area contributed by atoms with Crippen LogP contribution in [0.15, 0.2) is 18.2 Å². The van der Waals surface area contributed by atoms with Gasteiger partial charge in [-0.25, -0.2) is 4.39 Å². The number of aliphatic hydroxyl groups is 1. The Kier molecular flexibility index (Phi) is 3.25. The van der Waals surface area contributed by atoms with Crippen LogP contribution in [0.3, 0.4) is 0 Å². The largest absolute Gasteiger partial charge is 0.496 e. The number of hydrogen-bond acceptors (Lipinski definition) is 2. The quantitative estimate of drug-likeness (QED) is 0.780. The van der Waals surface area contributed by atoms with E-state index in [9.17, 15) is 9.50 Å². The lowest BCUT2D eigenvalue weighted by Crippen LogP contribution is -2.00. The van der Waals surface area contributed by atoms with Gasteiger partial charge in [-0.15, -0.1) is 0 Å². The minimum absolute atomic E-state index is 0.481. The van der Waals surface area contributed by atoms with Gasteiger partial charge in [-0.3, -0.25) is 0 Å². The molecule has 0 radical (unpaired) electrons. The summed E-state index contributed by atoms with van der Waals surface area (Å²) in [5, 5.41) is 9.40. The lowest BCUT2D eigenvalue weighted by Gasteiger charge is -2.13. The average Bonchev–Trinajstić information content (AvgIpc) is 2.16. The molecular formula is C10H13FO2. The van der Waals surface area contributed by atoms with Gasteiger partial charge in [0.25, 0.3) is 0 Å². The summed E-state index contributed by atoms with van der Waals surface area (Å²) >= 11 is 0. The number of rotatable bonds is 3. The maximum absolute atomic E-state index is 12.5. The third-order valence-electron chi connectivity index (χ3n) is 1.94. The Hall–Kier alpha value is -1.09. The van der Waals surface area contributed by atoms with Crippen molar-refractivity contribution in [2.75, 3.05) is 7.11 Å². The molecule has 1 N–H and O–H groups in total. The van der Waals surface area contributed by atoms with Crippen LogP contribution in [0.1, 0.15) is 24.2 Å². The highest BCUT2D eigenvalue weighted by atomic mass is 19.1. The molecule has 0 aliphatic carbocycles. The maximum atomic E-state index is 12.5. The molecule has 0 spiro atoms. The number of hydrogen-bond donors (Lipinski definition) is 1. The summed E-state index contributed by atoms with van der Waals surface area (Å²) in [4.78, 5) is 0. The van der Waals surface area contributed by atoms with Crippen molar-refractivity contribution in [2.45, 2.75) is 19.7 Å². The van der Waals surface area contributed by atoms with Crippen LogP contribution in [-0.4, -0.2) is 12.2 Å². The van der Waals surface area contributed by atoms with Gasteiger partial charge < -0.3 is 9.84 Å². The first-order valence-corrected chi connectivity index (χ1v) is 4.10. The Morgan fingerprint density at radius 2 is 2.23 bits per heavy atom. The van der Waals surface area contributed by atoms with Crippen molar-refractivity contribution >= 4 is 0 Å². The fraction of sp³-hybridized carbons (Fsp3) is 0.400. The Balaban J connectivity index is 3.21. The van der Waals surface area contributed by atoms with Crippen molar-refractivity contribution < 1.29 is 14.2 Å². The monoisotopic (exact) mass is 184 g/mol. The summed E-state index contributed by atoms with van der Waals surface area (Å²) in [6.07, 6.45) is -0.707. The van der Waals surface area contributed by atoms with E-state index >= 15 is 0 Å². The van der Waals surface area contributed by atoms with E-state index in [1.54, 1.807) is 25.1 Å². The predicted octanol–water partition coefficient (Wildman–Crippen LogP) is 2.22. The fourth-order valence-corrected chi connectivity index (χ4v) is 1.36. The van der Waals surface area contributed by atoms with Crippen molar-refractivity contribution in [3.8, 4) is 5.75 Å². The number of ether oxygens (including phenoxy) is 1. The van der Waals surface area contributed by atoms with Gasteiger partial charge in [0, 0.05) is 5.56 Å². The van der Waals surface area contributed by atoms with E-state index in [4.69, 9.17) is 4.74 Å². The number of alkyl halides is 1. The molecule has 2 nitrogen and oxygen atoms in total. The van der Waals surface area contributed by atoms with Crippen molar-refractivity contribution in [1.82, 2.24) is 0 Å². The van der Waals surface area contributed by atoms with Gasteiger partial charge in [-0.1, -0.05) is 12.1 Å². The third kappa shape index (κ3) is 1.98. The zero-order valence-electron chi connectivity index (χ0n) is 7.75. The second-order valence-electron chi connectivity index (χ2n) is 2.84. The first-order chi connectivity index (χ1) is 6.20. The molecular weight excluding hydrogens is 171 g/mol. The van der Waals surface area contributed by atoms with Crippen LogP contribution in [0.25, 0.3) is 0 Å². The number of aliphatic hydroxyl groups excluding tert-OH is 1. The average molecular weight is 184 g/mol. The van der Waals surface area contributed by atoms with Crippen molar-refractivity contribution in [3.05, 3.63) is 29.3 Å². The molecule has 0 aliphatic rings. The maximum Gasteiger partial charge on any atom is 0.125 e. The minimum Gasteiger partial charge on any atom is -0.496 e. The number of benzene rings is 1. The van der Waals surface area contributed by atoms with Gasteiger partial charge >= 0.3 is 0 Å². The number of halogens is 1. The van der Waals surface area contributed by atoms with Gasteiger partial charge in [0.1, 0.15) is 12.4 Å². The first kappa shape index (κ1) is 9.99. The third-order valence-corrected chi connectivity index (χ3v) is 1.94. The highest BCUT2D eigenvalue weighted by Gasteiger charge is 2.13. The predicted molar refractivity (Wildman–Crippen MR) is 48.4 cm³/mol. The van der Waals surface area contributed by atoms with Gasteiger partial charge in [0.2, 0.25) is 0 Å². The Bertz CT molecular complexity index is 262. The standard InChI is InChI=1S/C10H13FO2/c1-7(12)10-8(6-11)4-3-5-9(10)13-2/h3-5,7,12H,6H2,1-2H3. The Labute approximate surface area is 77.0 Å². The molecule has 13 heavy (non-hydrogen) atoms. The first-order valence-electron chi connectivity index (χ1n) is 4.10. The molecule has 0 heterocycles. The molecule has 1 aromatic rings. The van der Waals surface area contributed by atoms with Gasteiger partial charge in [-0.05, 0) is 18.6 Å². The van der Waals surface area contributed by atoms with Crippen LogP contribution in [-0.2, 0) is 6.67 Å². The minimum atomic E-state index is -0.707. The topological polar surface area (TPSA) is 29.5 Å². The Morgan fingerprint density at radius 3 is 2.69 bits per heavy atom. The highest BCUT2D eigenvalue weighted by molar-refractivity contribution is 5.41. The SMILES string of the molecule is COc1cccc(CF)c1C(C)O. The van der Waals surface area contributed by atoms with Crippen molar-refractivity contribution in [1.29, 1.82) is 0 Å². The molecule has 0 fully saturated rings. The lowest BCUT2D eigenvalue weighted by atomic mass is 10.0. The summed E-state index contributed by atoms with van der Waals surface area (Å²) in [7, 11) is 1.50. The van der Waals surface area contributed by atoms with Crippen molar-refractivity contribution in [2.24, 2.45) is 0 Å². The van der Waals surface area contributed by atoms with E-state index in [1.165, 1.54) is 7.11 Å². The van der Waals surface area contributed by atoms with Crippen molar-refractivity contribution in [3.63, 3.8) is 0 Å². The summed E-state index contributed by atoms with van der Waals surface area (Å²) in [6, 6.07) is 5.06. The Morgan fingerprint density at radius 1 is 1.54 bits per heavy atom. The molecule has 0 aromatic heterocycles. The van der Waals surface area contributed by atoms with Gasteiger partial charge in [-0.2, -0.15) is 0 Å². The smallest absolute Gasteiger partial charge is 0.125 e. The van der Waals surface area contributed by atoms with Crippen LogP contribution in [0.4, 0.5) is 4.39 Å². The molecule has 0 amide bonds. The normalized spacial score (nSPS) is 12.6. The van der Waals surface area contributed by atoms with Gasteiger partial charge in [0.15, 0.2) is 0 Å². The molecule has 0 aliphatic heterocycles. The molecule has 72 valence electrons. The van der Waals surface area contributed by atoms with Crippen LogP contribution in [0.5, 0.6) is 5.75 Å². The second kappa shape index (κ2) is 4.23. The van der Waals surface area contributed by atoms with Crippen LogP contribution >= 0.6 is 0 Å². The van der Waals surface area contributed by atoms with E-state index in [2.05, 4.69) is 0 Å². The van der Waals surface area contributed by atoms with E-state index in [0.29, 0.717) is 16.9 Å². The molecule has 1 rings (SSSR count). The van der Waals surface area contributed by atoms with E-state index in [0.717, 1.165) is 0 Å². The molecule has 0 bridgehead atoms. The molecule has 3 heteroatoms.